The number of thiazole rings is 1. The molecular formula is C15H23ClN4S. The quantitative estimate of drug-likeness (QED) is 0.796. The van der Waals surface area contributed by atoms with Gasteiger partial charge in [0.2, 0.25) is 0 Å². The smallest absolute Gasteiger partial charge is 0.151 e. The molecule has 116 valence electrons. The Morgan fingerprint density at radius 2 is 2.10 bits per heavy atom. The molecule has 0 bridgehead atoms. The molecule has 0 amide bonds. The molecule has 2 rings (SSSR count). The van der Waals surface area contributed by atoms with Gasteiger partial charge in [-0.3, -0.25) is 0 Å². The van der Waals surface area contributed by atoms with Gasteiger partial charge in [0, 0.05) is 23.9 Å². The topological polar surface area (TPSA) is 53.6 Å². The van der Waals surface area contributed by atoms with Crippen molar-refractivity contribution in [3.63, 3.8) is 0 Å². The van der Waals surface area contributed by atoms with E-state index in [-0.39, 0.29) is 6.04 Å². The van der Waals surface area contributed by atoms with Crippen LogP contribution < -0.4 is 5.32 Å². The summed E-state index contributed by atoms with van der Waals surface area (Å²) in [5, 5.41) is 5.18. The Morgan fingerprint density at radius 1 is 1.33 bits per heavy atom. The summed E-state index contributed by atoms with van der Waals surface area (Å²) in [6.07, 6.45) is 3.25. The third-order valence-electron chi connectivity index (χ3n) is 3.46. The van der Waals surface area contributed by atoms with E-state index in [0.29, 0.717) is 11.7 Å². The van der Waals surface area contributed by atoms with Crippen LogP contribution in [0.4, 0.5) is 0 Å². The maximum atomic E-state index is 6.20. The van der Waals surface area contributed by atoms with Crippen LogP contribution in [0.2, 0.25) is 5.15 Å². The number of aromatic amines is 1. The molecule has 21 heavy (non-hydrogen) atoms. The number of hydrogen-bond acceptors (Lipinski definition) is 4. The van der Waals surface area contributed by atoms with E-state index in [1.807, 2.05) is 6.92 Å². The Bertz CT molecular complexity index is 591. The van der Waals surface area contributed by atoms with E-state index in [0.717, 1.165) is 41.5 Å². The maximum Gasteiger partial charge on any atom is 0.151 e. The lowest BCUT2D eigenvalue weighted by atomic mass is 10.2. The number of imidazole rings is 1. The second-order valence-corrected chi connectivity index (χ2v) is 6.93. The predicted octanol–water partition coefficient (Wildman–Crippen LogP) is 4.33. The molecule has 0 aliphatic heterocycles. The van der Waals surface area contributed by atoms with E-state index in [1.54, 1.807) is 11.3 Å². The Hall–Kier alpha value is -0.910. The van der Waals surface area contributed by atoms with Gasteiger partial charge < -0.3 is 10.3 Å². The summed E-state index contributed by atoms with van der Waals surface area (Å²) in [5.74, 6) is 0.983. The van der Waals surface area contributed by atoms with Crippen molar-refractivity contribution in [2.45, 2.75) is 59.5 Å². The highest BCUT2D eigenvalue weighted by Crippen LogP contribution is 2.25. The highest BCUT2D eigenvalue weighted by Gasteiger charge is 2.14. The molecular weight excluding hydrogens is 304 g/mol. The fourth-order valence-electron chi connectivity index (χ4n) is 2.32. The minimum atomic E-state index is 0.259. The lowest BCUT2D eigenvalue weighted by Gasteiger charge is -2.12. The van der Waals surface area contributed by atoms with E-state index in [4.69, 9.17) is 11.6 Å². The van der Waals surface area contributed by atoms with E-state index < -0.39 is 0 Å². The van der Waals surface area contributed by atoms with Gasteiger partial charge in [0.15, 0.2) is 5.15 Å². The number of nitrogens with zero attached hydrogens (tertiary/aromatic N) is 2. The average molecular weight is 327 g/mol. The Kier molecular flexibility index (Phi) is 5.79. The number of hydrogen-bond donors (Lipinski definition) is 2. The Morgan fingerprint density at radius 3 is 2.71 bits per heavy atom. The molecule has 0 aromatic carbocycles. The zero-order valence-electron chi connectivity index (χ0n) is 13.1. The second kappa shape index (κ2) is 7.38. The molecule has 0 radical (unpaired) electrons. The van der Waals surface area contributed by atoms with Gasteiger partial charge in [0.1, 0.15) is 5.82 Å². The third kappa shape index (κ3) is 4.28. The van der Waals surface area contributed by atoms with Gasteiger partial charge >= 0.3 is 0 Å². The summed E-state index contributed by atoms with van der Waals surface area (Å²) in [4.78, 5) is 13.5. The van der Waals surface area contributed by atoms with Gasteiger partial charge in [0.25, 0.3) is 0 Å². The van der Waals surface area contributed by atoms with Crippen LogP contribution in [0, 0.1) is 13.8 Å². The van der Waals surface area contributed by atoms with Crippen molar-refractivity contribution in [1.29, 1.82) is 0 Å². The summed E-state index contributed by atoms with van der Waals surface area (Å²) in [6, 6.07) is 0.259. The zero-order valence-corrected chi connectivity index (χ0v) is 14.7. The maximum absolute atomic E-state index is 6.20. The highest BCUT2D eigenvalue weighted by atomic mass is 35.5. The molecule has 2 N–H and O–H groups in total. The molecule has 0 saturated heterocycles. The number of nitrogens with one attached hydrogen (secondary N) is 2. The van der Waals surface area contributed by atoms with Crippen molar-refractivity contribution in [1.82, 2.24) is 20.3 Å². The number of aryl methyl sites for hydroxylation is 3. The molecule has 4 nitrogen and oxygen atoms in total. The lowest BCUT2D eigenvalue weighted by Crippen LogP contribution is -2.18. The Balaban J connectivity index is 1.96. The summed E-state index contributed by atoms with van der Waals surface area (Å²) in [6.45, 7) is 9.12. The minimum absolute atomic E-state index is 0.259. The van der Waals surface area contributed by atoms with Crippen molar-refractivity contribution in [3.8, 4) is 0 Å². The zero-order chi connectivity index (χ0) is 15.4. The summed E-state index contributed by atoms with van der Waals surface area (Å²) in [5.41, 5.74) is 2.07. The van der Waals surface area contributed by atoms with Crippen molar-refractivity contribution in [2.75, 3.05) is 0 Å². The molecule has 0 spiro atoms. The monoisotopic (exact) mass is 326 g/mol. The van der Waals surface area contributed by atoms with Crippen molar-refractivity contribution in [2.24, 2.45) is 0 Å². The predicted molar refractivity (Wildman–Crippen MR) is 89.1 cm³/mol. The van der Waals surface area contributed by atoms with Crippen molar-refractivity contribution in [3.05, 3.63) is 32.3 Å². The van der Waals surface area contributed by atoms with Gasteiger partial charge in [-0.05, 0) is 27.2 Å². The normalized spacial score (nSPS) is 12.8. The van der Waals surface area contributed by atoms with Crippen LogP contribution in [0.5, 0.6) is 0 Å². The van der Waals surface area contributed by atoms with Crippen LogP contribution in [0.25, 0.3) is 0 Å². The van der Waals surface area contributed by atoms with Crippen LogP contribution in [0.3, 0.4) is 0 Å². The van der Waals surface area contributed by atoms with Crippen LogP contribution in [-0.2, 0) is 13.0 Å². The first-order valence-corrected chi connectivity index (χ1v) is 8.61. The molecule has 0 saturated carbocycles. The van der Waals surface area contributed by atoms with Gasteiger partial charge in [-0.25, -0.2) is 9.97 Å². The van der Waals surface area contributed by atoms with Crippen molar-refractivity contribution >= 4 is 22.9 Å². The minimum Gasteiger partial charge on any atom is -0.344 e. The summed E-state index contributed by atoms with van der Waals surface area (Å²) >= 11 is 7.94. The second-order valence-electron chi connectivity index (χ2n) is 5.34. The van der Waals surface area contributed by atoms with E-state index in [2.05, 4.69) is 41.0 Å². The summed E-state index contributed by atoms with van der Waals surface area (Å²) < 4.78 is 0. The molecule has 0 aliphatic rings. The molecule has 1 atom stereocenters. The highest BCUT2D eigenvalue weighted by molar-refractivity contribution is 7.11. The molecule has 0 aliphatic carbocycles. The van der Waals surface area contributed by atoms with Crippen LogP contribution in [0.1, 0.15) is 59.8 Å². The largest absolute Gasteiger partial charge is 0.344 e. The van der Waals surface area contributed by atoms with Crippen LogP contribution >= 0.6 is 22.9 Å². The Labute approximate surface area is 135 Å². The van der Waals surface area contributed by atoms with E-state index >= 15 is 0 Å². The van der Waals surface area contributed by atoms with Crippen LogP contribution in [0.15, 0.2) is 0 Å². The number of halogens is 1. The van der Waals surface area contributed by atoms with E-state index in [9.17, 15) is 0 Å². The molecule has 2 heterocycles. The molecule has 1 unspecified atom stereocenters. The molecule has 0 fully saturated rings. The molecule has 6 heteroatoms. The van der Waals surface area contributed by atoms with Gasteiger partial charge in [-0.2, -0.15) is 0 Å². The first-order valence-electron chi connectivity index (χ1n) is 7.41. The van der Waals surface area contributed by atoms with Gasteiger partial charge in [-0.1, -0.05) is 24.9 Å². The van der Waals surface area contributed by atoms with E-state index in [1.165, 1.54) is 4.88 Å². The van der Waals surface area contributed by atoms with Crippen molar-refractivity contribution < 1.29 is 0 Å². The third-order valence-corrected chi connectivity index (χ3v) is 5.03. The first-order chi connectivity index (χ1) is 10.0. The lowest BCUT2D eigenvalue weighted by molar-refractivity contribution is 0.573. The fourth-order valence-corrected chi connectivity index (χ4v) is 3.49. The number of unbranched alkanes of at least 4 members (excludes halogenated alkanes) is 1. The molecule has 2 aromatic rings. The molecule has 2 aromatic heterocycles. The number of aromatic nitrogens is 3. The van der Waals surface area contributed by atoms with Gasteiger partial charge in [0.05, 0.1) is 16.4 Å². The SMILES string of the molecule is CCCCc1nc(Cl)c(CNC(C)c2sc(C)nc2C)[nH]1. The van der Waals surface area contributed by atoms with Gasteiger partial charge in [-0.15, -0.1) is 11.3 Å². The average Bonchev–Trinajstić information content (AvgIpc) is 2.96. The van der Waals surface area contributed by atoms with Crippen LogP contribution in [-0.4, -0.2) is 15.0 Å². The fraction of sp³-hybridized carbons (Fsp3) is 0.600. The number of H-pyrrole nitrogens is 1. The standard InChI is InChI=1S/C15H23ClN4S/c1-5-6-7-13-19-12(15(16)20-13)8-17-9(2)14-10(3)18-11(4)21-14/h9,17H,5-8H2,1-4H3,(H,19,20). The summed E-state index contributed by atoms with van der Waals surface area (Å²) in [7, 11) is 0. The first kappa shape index (κ1) is 16.5. The number of rotatable bonds is 7.